The van der Waals surface area contributed by atoms with Gasteiger partial charge in [-0.15, -0.1) is 11.3 Å². The van der Waals surface area contributed by atoms with Crippen LogP contribution in [0.4, 0.5) is 17.1 Å². The molecule has 0 fully saturated rings. The maximum absolute atomic E-state index is 6.42. The van der Waals surface area contributed by atoms with E-state index in [1.54, 1.807) is 0 Å². The van der Waals surface area contributed by atoms with Crippen molar-refractivity contribution in [2.75, 3.05) is 4.90 Å². The van der Waals surface area contributed by atoms with Gasteiger partial charge in [0, 0.05) is 42.3 Å². The number of thiophene rings is 1. The quantitative estimate of drug-likeness (QED) is 0.174. The molecule has 0 bridgehead atoms. The monoisotopic (exact) mass is 759 g/mol. The fourth-order valence-electron chi connectivity index (χ4n) is 9.70. The van der Waals surface area contributed by atoms with Crippen LogP contribution in [0.1, 0.15) is 25.0 Å². The summed E-state index contributed by atoms with van der Waals surface area (Å²) in [4.78, 5) is 2.39. The molecular formula is C55H37NOS. The normalized spacial score (nSPS) is 13.1. The predicted molar refractivity (Wildman–Crippen MR) is 247 cm³/mol. The van der Waals surface area contributed by atoms with Crippen LogP contribution >= 0.6 is 11.3 Å². The zero-order chi connectivity index (χ0) is 38.5. The molecule has 58 heavy (non-hydrogen) atoms. The summed E-state index contributed by atoms with van der Waals surface area (Å²) in [5, 5.41) is 7.44. The van der Waals surface area contributed by atoms with Crippen LogP contribution in [0.15, 0.2) is 192 Å². The van der Waals surface area contributed by atoms with Crippen LogP contribution in [0, 0.1) is 0 Å². The van der Waals surface area contributed by atoms with E-state index in [2.05, 4.69) is 201 Å². The van der Waals surface area contributed by atoms with Crippen LogP contribution in [-0.2, 0) is 5.41 Å². The minimum Gasteiger partial charge on any atom is -0.456 e. The molecule has 12 rings (SSSR count). The van der Waals surface area contributed by atoms with E-state index in [0.29, 0.717) is 0 Å². The van der Waals surface area contributed by atoms with Crippen molar-refractivity contribution in [2.24, 2.45) is 0 Å². The van der Waals surface area contributed by atoms with Crippen LogP contribution in [0.25, 0.3) is 86.3 Å². The second kappa shape index (κ2) is 12.5. The van der Waals surface area contributed by atoms with Gasteiger partial charge in [0.1, 0.15) is 11.2 Å². The summed E-state index contributed by atoms with van der Waals surface area (Å²) < 4.78 is 9.09. The minimum absolute atomic E-state index is 0.0479. The summed E-state index contributed by atoms with van der Waals surface area (Å²) in [6.45, 7) is 4.69. The first-order valence-corrected chi connectivity index (χ1v) is 20.8. The number of fused-ring (bicyclic) bond motifs is 11. The molecule has 274 valence electrons. The van der Waals surface area contributed by atoms with Gasteiger partial charge in [0.2, 0.25) is 0 Å². The SMILES string of the molecule is CC1(C)c2ccccc2-c2c(-c3ccc(N(c4ccc(-c5cccc6c5sc5c7ccccc7ccc65)cc4)c4cccc5oc6ccccc6c45)cc3)cccc21. The van der Waals surface area contributed by atoms with Gasteiger partial charge in [0.25, 0.3) is 0 Å². The lowest BCUT2D eigenvalue weighted by Crippen LogP contribution is -2.14. The van der Waals surface area contributed by atoms with Crippen LogP contribution in [0.3, 0.4) is 0 Å². The predicted octanol–water partition coefficient (Wildman–Crippen LogP) is 16.2. The highest BCUT2D eigenvalue weighted by Crippen LogP contribution is 2.52. The summed E-state index contributed by atoms with van der Waals surface area (Å²) in [5.41, 5.74) is 15.4. The van der Waals surface area contributed by atoms with E-state index in [0.717, 1.165) is 39.0 Å². The highest BCUT2D eigenvalue weighted by atomic mass is 32.1. The van der Waals surface area contributed by atoms with Crippen molar-refractivity contribution >= 4 is 81.3 Å². The summed E-state index contributed by atoms with van der Waals surface area (Å²) in [6.07, 6.45) is 0. The Balaban J connectivity index is 1.00. The Kier molecular flexibility index (Phi) is 7.18. The Morgan fingerprint density at radius 3 is 1.84 bits per heavy atom. The Morgan fingerprint density at radius 1 is 0.431 bits per heavy atom. The number of benzene rings is 9. The van der Waals surface area contributed by atoms with E-state index in [4.69, 9.17) is 4.42 Å². The van der Waals surface area contributed by atoms with Crippen molar-refractivity contribution < 1.29 is 4.42 Å². The molecule has 0 radical (unpaired) electrons. The molecule has 0 amide bonds. The molecule has 3 heteroatoms. The molecule has 1 aliphatic carbocycles. The third kappa shape index (κ3) is 4.84. The van der Waals surface area contributed by atoms with Crippen molar-refractivity contribution in [3.63, 3.8) is 0 Å². The first-order valence-electron chi connectivity index (χ1n) is 20.0. The highest BCUT2D eigenvalue weighted by molar-refractivity contribution is 7.27. The zero-order valence-corrected chi connectivity index (χ0v) is 33.0. The van der Waals surface area contributed by atoms with Crippen LogP contribution in [0.5, 0.6) is 0 Å². The molecule has 0 spiro atoms. The van der Waals surface area contributed by atoms with E-state index in [9.17, 15) is 0 Å². The molecule has 11 aromatic rings. The van der Waals surface area contributed by atoms with Crippen molar-refractivity contribution in [1.29, 1.82) is 0 Å². The number of anilines is 3. The van der Waals surface area contributed by atoms with E-state index in [-0.39, 0.29) is 5.41 Å². The lowest BCUT2D eigenvalue weighted by Gasteiger charge is -2.27. The van der Waals surface area contributed by atoms with Crippen LogP contribution in [0.2, 0.25) is 0 Å². The van der Waals surface area contributed by atoms with Crippen molar-refractivity contribution in [3.8, 4) is 33.4 Å². The van der Waals surface area contributed by atoms with Gasteiger partial charge in [-0.2, -0.15) is 0 Å². The second-order valence-corrected chi connectivity index (χ2v) is 17.0. The molecule has 0 saturated heterocycles. The average molecular weight is 760 g/mol. The smallest absolute Gasteiger partial charge is 0.137 e. The van der Waals surface area contributed by atoms with Gasteiger partial charge in [-0.1, -0.05) is 159 Å². The number of hydrogen-bond donors (Lipinski definition) is 0. The standard InChI is InChI=1S/C55H37NOS/c1-55(2)46-19-7-5-14-44(46)51-39(16-10-20-47(51)55)35-24-29-37(30-25-35)56(48-21-11-23-50-52(48)45-15-6-8-22-49(45)57-50)38-31-26-36(27-32-38)41-17-9-18-42-43-33-28-34-12-3-4-13-40(34)54(43)58-53(41)42/h3-33H,1-2H3. The first kappa shape index (κ1) is 33.2. The van der Waals surface area contributed by atoms with E-state index < -0.39 is 0 Å². The Bertz CT molecular complexity index is 3420. The molecule has 0 N–H and O–H groups in total. The van der Waals surface area contributed by atoms with Gasteiger partial charge in [-0.25, -0.2) is 0 Å². The van der Waals surface area contributed by atoms with E-state index in [1.165, 1.54) is 75.5 Å². The summed E-state index contributed by atoms with van der Waals surface area (Å²) in [6, 6.07) is 68.7. The first-order chi connectivity index (χ1) is 28.5. The number of para-hydroxylation sites is 1. The molecule has 2 aromatic heterocycles. The van der Waals surface area contributed by atoms with Crippen LogP contribution in [-0.4, -0.2) is 0 Å². The van der Waals surface area contributed by atoms with Gasteiger partial charge >= 0.3 is 0 Å². The molecule has 2 heterocycles. The van der Waals surface area contributed by atoms with Gasteiger partial charge in [-0.3, -0.25) is 0 Å². The largest absolute Gasteiger partial charge is 0.456 e. The third-order valence-electron chi connectivity index (χ3n) is 12.5. The molecule has 0 atom stereocenters. The number of hydrogen-bond acceptors (Lipinski definition) is 3. The second-order valence-electron chi connectivity index (χ2n) is 16.0. The molecule has 1 aliphatic rings. The Labute approximate surface area is 340 Å². The van der Waals surface area contributed by atoms with E-state index in [1.807, 2.05) is 17.4 Å². The summed E-state index contributed by atoms with van der Waals surface area (Å²) in [5.74, 6) is 0. The van der Waals surface area contributed by atoms with Gasteiger partial charge in [0.05, 0.1) is 11.1 Å². The lowest BCUT2D eigenvalue weighted by molar-refractivity contribution is 0.660. The minimum atomic E-state index is -0.0479. The molecular weight excluding hydrogens is 723 g/mol. The van der Waals surface area contributed by atoms with Crippen molar-refractivity contribution in [1.82, 2.24) is 0 Å². The topological polar surface area (TPSA) is 16.4 Å². The fraction of sp³-hybridized carbons (Fsp3) is 0.0545. The lowest BCUT2D eigenvalue weighted by atomic mass is 9.82. The Morgan fingerprint density at radius 2 is 1.02 bits per heavy atom. The molecule has 0 aliphatic heterocycles. The zero-order valence-electron chi connectivity index (χ0n) is 32.2. The number of rotatable bonds is 5. The molecule has 0 saturated carbocycles. The van der Waals surface area contributed by atoms with Crippen LogP contribution < -0.4 is 4.90 Å². The molecule has 9 aromatic carbocycles. The van der Waals surface area contributed by atoms with Gasteiger partial charge in [0.15, 0.2) is 0 Å². The number of nitrogens with zero attached hydrogens (tertiary/aromatic N) is 1. The number of furan rings is 1. The van der Waals surface area contributed by atoms with Crippen molar-refractivity contribution in [2.45, 2.75) is 19.3 Å². The maximum Gasteiger partial charge on any atom is 0.137 e. The van der Waals surface area contributed by atoms with E-state index >= 15 is 0 Å². The summed E-state index contributed by atoms with van der Waals surface area (Å²) >= 11 is 1.90. The fourth-order valence-corrected chi connectivity index (χ4v) is 11.1. The molecule has 2 nitrogen and oxygen atoms in total. The Hall–Kier alpha value is -6.94. The highest BCUT2D eigenvalue weighted by Gasteiger charge is 2.36. The van der Waals surface area contributed by atoms with Gasteiger partial charge < -0.3 is 9.32 Å². The van der Waals surface area contributed by atoms with Gasteiger partial charge in [-0.05, 0) is 97.7 Å². The molecule has 0 unspecified atom stereocenters. The van der Waals surface area contributed by atoms with Crippen molar-refractivity contribution in [3.05, 3.63) is 199 Å². The maximum atomic E-state index is 6.42. The summed E-state index contributed by atoms with van der Waals surface area (Å²) in [7, 11) is 0. The third-order valence-corrected chi connectivity index (χ3v) is 13.8. The average Bonchev–Trinajstić information content (AvgIpc) is 3.93.